The average molecular weight is 472 g/mol. The predicted molar refractivity (Wildman–Crippen MR) is 134 cm³/mol. The monoisotopic (exact) mass is 471 g/mol. The minimum atomic E-state index is -1.05. The highest BCUT2D eigenvalue weighted by molar-refractivity contribution is 5.95. The molecule has 1 N–H and O–H groups in total. The average Bonchev–Trinajstić information content (AvgIpc) is 3.32. The van der Waals surface area contributed by atoms with Gasteiger partial charge in [-0.1, -0.05) is 12.1 Å². The Balaban J connectivity index is 1.43. The van der Waals surface area contributed by atoms with Crippen molar-refractivity contribution in [2.75, 3.05) is 20.3 Å². The lowest BCUT2D eigenvalue weighted by molar-refractivity contribution is 0.0362. The van der Waals surface area contributed by atoms with Crippen LogP contribution in [-0.4, -0.2) is 52.2 Å². The second-order valence-corrected chi connectivity index (χ2v) is 9.51. The Morgan fingerprint density at radius 1 is 1.00 bits per heavy atom. The lowest BCUT2D eigenvalue weighted by atomic mass is 10.00. The number of benzene rings is 1. The number of amides is 1. The van der Waals surface area contributed by atoms with Crippen molar-refractivity contribution in [3.63, 3.8) is 0 Å². The zero-order valence-electron chi connectivity index (χ0n) is 20.2. The lowest BCUT2D eigenvalue weighted by Crippen LogP contribution is -2.40. The van der Waals surface area contributed by atoms with Gasteiger partial charge in [0.05, 0.1) is 5.69 Å². The molecule has 4 aromatic rings. The Bertz CT molecular complexity index is 1350. The summed E-state index contributed by atoms with van der Waals surface area (Å²) >= 11 is 0. The summed E-state index contributed by atoms with van der Waals surface area (Å²) < 4.78 is 11.7. The van der Waals surface area contributed by atoms with E-state index >= 15 is 0 Å². The second kappa shape index (κ2) is 9.24. The lowest BCUT2D eigenvalue weighted by Gasteiger charge is -2.31. The molecule has 4 heterocycles. The number of carbonyl (C=O) groups is 1. The smallest absolute Gasteiger partial charge is 0.253 e. The van der Waals surface area contributed by atoms with Crippen LogP contribution in [0.15, 0.2) is 65.3 Å². The summed E-state index contributed by atoms with van der Waals surface area (Å²) in [7, 11) is 1.86. The molecule has 0 saturated carbocycles. The van der Waals surface area contributed by atoms with E-state index in [0.717, 1.165) is 35.0 Å². The largest absolute Gasteiger partial charge is 0.454 e. The highest BCUT2D eigenvalue weighted by atomic mass is 16.5. The van der Waals surface area contributed by atoms with E-state index in [4.69, 9.17) is 9.15 Å². The van der Waals surface area contributed by atoms with E-state index in [1.807, 2.05) is 60.5 Å². The number of hydrogen-bond donors (Lipinski definition) is 1. The SMILES string of the molecule is CN(C(=O)c1ccc(-c2cc3nccc(-c4ccnc(C(C)(C)O)c4)c3o2)cc1)C1CCOCC1. The molecule has 180 valence electrons. The number of aliphatic hydroxyl groups is 1. The van der Waals surface area contributed by atoms with Gasteiger partial charge in [-0.3, -0.25) is 14.8 Å². The van der Waals surface area contributed by atoms with Gasteiger partial charge in [0.2, 0.25) is 0 Å². The molecule has 0 aliphatic carbocycles. The summed E-state index contributed by atoms with van der Waals surface area (Å²) in [6, 6.07) is 15.3. The van der Waals surface area contributed by atoms with Crippen molar-refractivity contribution < 1.29 is 19.1 Å². The van der Waals surface area contributed by atoms with E-state index in [0.29, 0.717) is 35.8 Å². The van der Waals surface area contributed by atoms with Crippen molar-refractivity contribution in [3.8, 4) is 22.5 Å². The molecule has 35 heavy (non-hydrogen) atoms. The first-order valence-corrected chi connectivity index (χ1v) is 11.8. The molecule has 5 rings (SSSR count). The maximum Gasteiger partial charge on any atom is 0.253 e. The first-order chi connectivity index (χ1) is 16.8. The molecule has 3 aromatic heterocycles. The molecule has 1 aliphatic rings. The van der Waals surface area contributed by atoms with Crippen LogP contribution >= 0.6 is 0 Å². The molecule has 0 bridgehead atoms. The van der Waals surface area contributed by atoms with Crippen molar-refractivity contribution in [2.45, 2.75) is 38.3 Å². The van der Waals surface area contributed by atoms with Gasteiger partial charge in [0.1, 0.15) is 16.9 Å². The number of nitrogens with zero attached hydrogens (tertiary/aromatic N) is 3. The summed E-state index contributed by atoms with van der Waals surface area (Å²) in [5, 5.41) is 10.4. The number of pyridine rings is 2. The van der Waals surface area contributed by atoms with Gasteiger partial charge in [0.25, 0.3) is 5.91 Å². The molecular weight excluding hydrogens is 442 g/mol. The maximum atomic E-state index is 13.0. The number of carbonyl (C=O) groups excluding carboxylic acids is 1. The summed E-state index contributed by atoms with van der Waals surface area (Å²) in [5.74, 6) is 0.686. The highest BCUT2D eigenvalue weighted by Gasteiger charge is 2.24. The van der Waals surface area contributed by atoms with Gasteiger partial charge >= 0.3 is 0 Å². The molecule has 1 amide bonds. The van der Waals surface area contributed by atoms with Crippen LogP contribution in [0.1, 0.15) is 42.7 Å². The topological polar surface area (TPSA) is 88.7 Å². The van der Waals surface area contributed by atoms with E-state index in [2.05, 4.69) is 9.97 Å². The highest BCUT2D eigenvalue weighted by Crippen LogP contribution is 2.34. The van der Waals surface area contributed by atoms with Gasteiger partial charge in [-0.05, 0) is 62.6 Å². The van der Waals surface area contributed by atoms with E-state index in [9.17, 15) is 9.90 Å². The number of hydrogen-bond acceptors (Lipinski definition) is 6. The van der Waals surface area contributed by atoms with Gasteiger partial charge in [-0.25, -0.2) is 0 Å². The quantitative estimate of drug-likeness (QED) is 0.439. The molecular formula is C28H29N3O4. The van der Waals surface area contributed by atoms with Crippen molar-refractivity contribution in [2.24, 2.45) is 0 Å². The van der Waals surface area contributed by atoms with Crippen LogP contribution in [0.25, 0.3) is 33.6 Å². The maximum absolute atomic E-state index is 13.0. The molecule has 1 fully saturated rings. The van der Waals surface area contributed by atoms with Crippen molar-refractivity contribution in [1.29, 1.82) is 0 Å². The van der Waals surface area contributed by atoms with Crippen molar-refractivity contribution in [3.05, 3.63) is 72.2 Å². The normalized spacial score (nSPS) is 14.9. The number of furan rings is 1. The number of ether oxygens (including phenoxy) is 1. The molecule has 1 saturated heterocycles. The Labute approximate surface area is 204 Å². The fourth-order valence-corrected chi connectivity index (χ4v) is 4.46. The van der Waals surface area contributed by atoms with Crippen LogP contribution in [-0.2, 0) is 10.3 Å². The molecule has 7 nitrogen and oxygen atoms in total. The van der Waals surface area contributed by atoms with Gasteiger partial charge in [-0.2, -0.15) is 0 Å². The predicted octanol–water partition coefficient (Wildman–Crippen LogP) is 5.04. The third-order valence-electron chi connectivity index (χ3n) is 6.58. The van der Waals surface area contributed by atoms with Gasteiger partial charge in [-0.15, -0.1) is 0 Å². The van der Waals surface area contributed by atoms with Crippen LogP contribution in [0, 0.1) is 0 Å². The Kier molecular flexibility index (Phi) is 6.13. The molecule has 0 spiro atoms. The molecule has 0 unspecified atom stereocenters. The van der Waals surface area contributed by atoms with Gasteiger partial charge < -0.3 is 19.2 Å². The minimum absolute atomic E-state index is 0.0114. The second-order valence-electron chi connectivity index (χ2n) is 9.51. The summed E-state index contributed by atoms with van der Waals surface area (Å²) in [6.07, 6.45) is 5.16. The molecule has 1 aromatic carbocycles. The fourth-order valence-electron chi connectivity index (χ4n) is 4.46. The zero-order chi connectivity index (χ0) is 24.6. The Morgan fingerprint density at radius 3 is 2.43 bits per heavy atom. The standard InChI is InChI=1S/C28H29N3O4/c1-28(2,33)25-16-20(8-12-30-25)22-9-13-29-23-17-24(35-26(22)23)18-4-6-19(7-5-18)27(32)31(3)21-10-14-34-15-11-21/h4-9,12-13,16-17,21,33H,10-11,14-15H2,1-3H3. The molecule has 7 heteroatoms. The van der Waals surface area contributed by atoms with Crippen LogP contribution in [0.3, 0.4) is 0 Å². The summed E-state index contributed by atoms with van der Waals surface area (Å²) in [6.45, 7) is 4.81. The third-order valence-corrected chi connectivity index (χ3v) is 6.58. The number of fused-ring (bicyclic) bond motifs is 1. The Hall–Kier alpha value is -3.55. The zero-order valence-corrected chi connectivity index (χ0v) is 20.2. The van der Waals surface area contributed by atoms with Crippen LogP contribution in [0.2, 0.25) is 0 Å². The van der Waals surface area contributed by atoms with Gasteiger partial charge in [0, 0.05) is 61.5 Å². The summed E-state index contributed by atoms with van der Waals surface area (Å²) in [4.78, 5) is 23.6. The van der Waals surface area contributed by atoms with E-state index < -0.39 is 5.60 Å². The van der Waals surface area contributed by atoms with Crippen LogP contribution in [0.4, 0.5) is 0 Å². The molecule has 1 aliphatic heterocycles. The van der Waals surface area contributed by atoms with E-state index in [1.165, 1.54) is 0 Å². The number of rotatable bonds is 5. The van der Waals surface area contributed by atoms with Crippen LogP contribution < -0.4 is 0 Å². The first-order valence-electron chi connectivity index (χ1n) is 11.8. The van der Waals surface area contributed by atoms with Crippen molar-refractivity contribution in [1.82, 2.24) is 14.9 Å². The van der Waals surface area contributed by atoms with Crippen molar-refractivity contribution >= 4 is 17.0 Å². The molecule has 0 atom stereocenters. The first kappa shape index (κ1) is 23.2. The van der Waals surface area contributed by atoms with Crippen LogP contribution in [0.5, 0.6) is 0 Å². The van der Waals surface area contributed by atoms with Gasteiger partial charge in [0.15, 0.2) is 5.58 Å². The fraction of sp³-hybridized carbons (Fsp3) is 0.321. The Morgan fingerprint density at radius 2 is 1.71 bits per heavy atom. The summed E-state index contributed by atoms with van der Waals surface area (Å²) in [5.41, 5.74) is 4.21. The third kappa shape index (κ3) is 4.70. The van der Waals surface area contributed by atoms with E-state index in [1.54, 1.807) is 26.2 Å². The minimum Gasteiger partial charge on any atom is -0.454 e. The van der Waals surface area contributed by atoms with E-state index in [-0.39, 0.29) is 11.9 Å². The number of aromatic nitrogens is 2. The molecule has 0 radical (unpaired) electrons.